The molecule has 0 atom stereocenters. The maximum atomic E-state index is 13.2. The van der Waals surface area contributed by atoms with Crippen molar-refractivity contribution in [2.75, 3.05) is 5.32 Å². The summed E-state index contributed by atoms with van der Waals surface area (Å²) < 4.78 is 39.7. The number of nitrogens with two attached hydrogens (primary N) is 1. The fourth-order valence-electron chi connectivity index (χ4n) is 4.10. The highest BCUT2D eigenvalue weighted by Crippen LogP contribution is 2.35. The minimum atomic E-state index is -4.50. The lowest BCUT2D eigenvalue weighted by molar-refractivity contribution is -0.137. The molecule has 0 bridgehead atoms. The number of amides is 2. The number of carbonyl (C=O) groups excluding carboxylic acids is 2. The number of halogens is 3. The van der Waals surface area contributed by atoms with E-state index in [1.165, 1.54) is 36.8 Å². The Labute approximate surface area is 213 Å². The Bertz CT molecular complexity index is 1170. The number of nitrogens with one attached hydrogen (secondary N) is 3. The Morgan fingerprint density at radius 3 is 2.49 bits per heavy atom. The second-order valence-corrected chi connectivity index (χ2v) is 8.57. The molecule has 0 aliphatic heterocycles. The summed E-state index contributed by atoms with van der Waals surface area (Å²) in [4.78, 5) is 34.0. The number of hydrogen-bond acceptors (Lipinski definition) is 6. The van der Waals surface area contributed by atoms with E-state index in [1.807, 2.05) is 0 Å². The van der Waals surface area contributed by atoms with Gasteiger partial charge < -0.3 is 21.7 Å². The summed E-state index contributed by atoms with van der Waals surface area (Å²) in [5.74, 6) is -0.862. The number of aromatic nitrogens is 1. The number of aliphatic imine (C=N–C) groups is 1. The van der Waals surface area contributed by atoms with Crippen molar-refractivity contribution >= 4 is 29.4 Å². The smallest absolute Gasteiger partial charge is 0.404 e. The van der Waals surface area contributed by atoms with Crippen molar-refractivity contribution in [3.8, 4) is 0 Å². The first-order valence-corrected chi connectivity index (χ1v) is 11.7. The van der Waals surface area contributed by atoms with E-state index in [1.54, 1.807) is 12.1 Å². The summed E-state index contributed by atoms with van der Waals surface area (Å²) in [7, 11) is 0. The van der Waals surface area contributed by atoms with Crippen molar-refractivity contribution in [2.45, 2.75) is 50.4 Å². The van der Waals surface area contributed by atoms with E-state index in [2.05, 4.69) is 32.5 Å². The number of alkyl halides is 3. The minimum absolute atomic E-state index is 0.0768. The quantitative estimate of drug-likeness (QED) is 0.293. The Morgan fingerprint density at radius 1 is 1.14 bits per heavy atom. The molecule has 1 aliphatic carbocycles. The number of pyridine rings is 1. The van der Waals surface area contributed by atoms with Crippen LogP contribution in [0.2, 0.25) is 0 Å². The van der Waals surface area contributed by atoms with Crippen LogP contribution in [-0.2, 0) is 22.3 Å². The molecule has 8 nitrogen and oxygen atoms in total. The molecule has 3 rings (SSSR count). The highest BCUT2D eigenvalue weighted by molar-refractivity contribution is 6.13. The molecule has 0 unspecified atom stereocenters. The average Bonchev–Trinajstić information content (AvgIpc) is 2.88. The van der Waals surface area contributed by atoms with E-state index < -0.39 is 23.2 Å². The molecule has 0 spiro atoms. The zero-order valence-corrected chi connectivity index (χ0v) is 20.1. The fourth-order valence-corrected chi connectivity index (χ4v) is 4.10. The van der Waals surface area contributed by atoms with Crippen LogP contribution in [0.1, 0.15) is 43.4 Å². The third-order valence-corrected chi connectivity index (χ3v) is 6.02. The predicted molar refractivity (Wildman–Crippen MR) is 136 cm³/mol. The molecule has 1 heterocycles. The molecule has 37 heavy (non-hydrogen) atoms. The molecule has 11 heteroatoms. The molecular weight excluding hydrogens is 485 g/mol. The van der Waals surface area contributed by atoms with E-state index in [0.29, 0.717) is 24.2 Å². The summed E-state index contributed by atoms with van der Waals surface area (Å²) >= 11 is 0. The number of anilines is 2. The molecule has 0 saturated heterocycles. The van der Waals surface area contributed by atoms with Gasteiger partial charge in [-0.15, -0.1) is 0 Å². The van der Waals surface area contributed by atoms with Gasteiger partial charge in [0, 0.05) is 18.6 Å². The average molecular weight is 515 g/mol. The van der Waals surface area contributed by atoms with Crippen LogP contribution in [-0.4, -0.2) is 28.6 Å². The molecule has 0 radical (unpaired) electrons. The van der Waals surface area contributed by atoms with Gasteiger partial charge in [-0.3, -0.25) is 19.6 Å². The van der Waals surface area contributed by atoms with Crippen molar-refractivity contribution in [1.82, 2.24) is 15.6 Å². The highest BCUT2D eigenvalue weighted by Gasteiger charge is 2.41. The SMILES string of the molecule is C=C/N=C\C(=C/N)C(=O)NC1(C(=O)NCc2ccc(Nc3ccccc3C(F)(F)F)cn2)CCCCC1. The van der Waals surface area contributed by atoms with Gasteiger partial charge in [0.2, 0.25) is 5.91 Å². The lowest BCUT2D eigenvalue weighted by Crippen LogP contribution is -2.60. The lowest BCUT2D eigenvalue weighted by atomic mass is 9.80. The van der Waals surface area contributed by atoms with Gasteiger partial charge in [-0.2, -0.15) is 13.2 Å². The van der Waals surface area contributed by atoms with E-state index in [-0.39, 0.29) is 23.7 Å². The number of hydrogen-bond donors (Lipinski definition) is 4. The standard InChI is InChI=1S/C26H29F3N6O2/c1-2-31-15-18(14-30)23(36)35-25(12-6-3-7-13-25)24(37)33-16-19-10-11-20(17-32-19)34-22-9-5-4-8-21(22)26(27,28)29/h2,4-5,8-11,14-15,17,34H,1,3,6-7,12-13,16,30H2,(H,33,37)(H,35,36)/b18-14+,31-15-. The molecule has 1 fully saturated rings. The van der Waals surface area contributed by atoms with Gasteiger partial charge in [0.25, 0.3) is 5.91 Å². The molecule has 1 saturated carbocycles. The topological polar surface area (TPSA) is 121 Å². The molecule has 2 aromatic rings. The summed E-state index contributed by atoms with van der Waals surface area (Å²) in [6.07, 6.45) is 3.98. The molecule has 2 amide bonds. The molecule has 1 aliphatic rings. The van der Waals surface area contributed by atoms with Crippen molar-refractivity contribution in [1.29, 1.82) is 0 Å². The van der Waals surface area contributed by atoms with E-state index >= 15 is 0 Å². The summed E-state index contributed by atoms with van der Waals surface area (Å²) in [6.45, 7) is 3.54. The van der Waals surface area contributed by atoms with Gasteiger partial charge in [-0.25, -0.2) is 0 Å². The minimum Gasteiger partial charge on any atom is -0.404 e. The molecule has 1 aromatic carbocycles. The fraction of sp³-hybridized carbons (Fsp3) is 0.308. The van der Waals surface area contributed by atoms with Crippen molar-refractivity contribution in [3.05, 3.63) is 78.4 Å². The van der Waals surface area contributed by atoms with Gasteiger partial charge in [0.15, 0.2) is 0 Å². The summed E-state index contributed by atoms with van der Waals surface area (Å²) in [5, 5.41) is 8.39. The van der Waals surface area contributed by atoms with Crippen molar-refractivity contribution in [2.24, 2.45) is 10.7 Å². The van der Waals surface area contributed by atoms with Gasteiger partial charge in [0.05, 0.1) is 40.9 Å². The Hall–Kier alpha value is -4.15. The molecule has 1 aromatic heterocycles. The number of carbonyl (C=O) groups is 2. The van der Waals surface area contributed by atoms with Crippen LogP contribution in [0.5, 0.6) is 0 Å². The van der Waals surface area contributed by atoms with Gasteiger partial charge >= 0.3 is 6.18 Å². The normalized spacial score (nSPS) is 15.7. The highest BCUT2D eigenvalue weighted by atomic mass is 19.4. The van der Waals surface area contributed by atoms with Crippen LogP contribution in [0, 0.1) is 0 Å². The second-order valence-electron chi connectivity index (χ2n) is 8.57. The second kappa shape index (κ2) is 12.2. The van der Waals surface area contributed by atoms with Crippen LogP contribution in [0.15, 0.2) is 72.1 Å². The monoisotopic (exact) mass is 514 g/mol. The summed E-state index contributed by atoms with van der Waals surface area (Å²) in [5.41, 5.74) is 4.55. The van der Waals surface area contributed by atoms with Crippen molar-refractivity contribution in [3.63, 3.8) is 0 Å². The van der Waals surface area contributed by atoms with Crippen LogP contribution < -0.4 is 21.7 Å². The Balaban J connectivity index is 1.66. The number of para-hydroxylation sites is 1. The van der Waals surface area contributed by atoms with E-state index in [4.69, 9.17) is 5.73 Å². The van der Waals surface area contributed by atoms with Crippen LogP contribution in [0.25, 0.3) is 0 Å². The maximum Gasteiger partial charge on any atom is 0.418 e. The zero-order chi connectivity index (χ0) is 26.9. The number of benzene rings is 1. The van der Waals surface area contributed by atoms with Gasteiger partial charge in [-0.05, 0) is 37.1 Å². The molecule has 196 valence electrons. The third-order valence-electron chi connectivity index (χ3n) is 6.02. The van der Waals surface area contributed by atoms with Gasteiger partial charge in [0.1, 0.15) is 5.54 Å². The summed E-state index contributed by atoms with van der Waals surface area (Å²) in [6, 6.07) is 8.35. The van der Waals surface area contributed by atoms with Crippen molar-refractivity contribution < 1.29 is 22.8 Å². The number of rotatable bonds is 9. The largest absolute Gasteiger partial charge is 0.418 e. The first-order valence-electron chi connectivity index (χ1n) is 11.7. The molecule has 5 N–H and O–H groups in total. The molecular formula is C26H29F3N6O2. The Morgan fingerprint density at radius 2 is 1.86 bits per heavy atom. The predicted octanol–water partition coefficient (Wildman–Crippen LogP) is 4.34. The Kier molecular flexibility index (Phi) is 9.05. The van der Waals surface area contributed by atoms with Crippen LogP contribution in [0.4, 0.5) is 24.5 Å². The van der Waals surface area contributed by atoms with E-state index in [0.717, 1.165) is 31.5 Å². The van der Waals surface area contributed by atoms with Crippen LogP contribution >= 0.6 is 0 Å². The third kappa shape index (κ3) is 7.18. The first kappa shape index (κ1) is 27.4. The van der Waals surface area contributed by atoms with Crippen LogP contribution in [0.3, 0.4) is 0 Å². The van der Waals surface area contributed by atoms with Gasteiger partial charge in [-0.1, -0.05) is 38.0 Å². The zero-order valence-electron chi connectivity index (χ0n) is 20.1. The number of nitrogens with zero attached hydrogens (tertiary/aromatic N) is 2. The van der Waals surface area contributed by atoms with E-state index in [9.17, 15) is 22.8 Å². The maximum absolute atomic E-state index is 13.2. The first-order chi connectivity index (χ1) is 17.7. The lowest BCUT2D eigenvalue weighted by Gasteiger charge is -2.36.